The van der Waals surface area contributed by atoms with Crippen LogP contribution >= 0.6 is 0 Å². The van der Waals surface area contributed by atoms with Crippen molar-refractivity contribution < 1.29 is 13.9 Å². The van der Waals surface area contributed by atoms with E-state index in [2.05, 4.69) is 5.32 Å². The van der Waals surface area contributed by atoms with Crippen LogP contribution in [0.1, 0.15) is 20.8 Å². The first-order valence-corrected chi connectivity index (χ1v) is 6.31. The molecule has 0 fully saturated rings. The van der Waals surface area contributed by atoms with Crippen molar-refractivity contribution in [2.75, 3.05) is 6.61 Å². The average molecular weight is 275 g/mol. The minimum absolute atomic E-state index is 0.0835. The summed E-state index contributed by atoms with van der Waals surface area (Å²) in [5, 5.41) is 3.60. The molecule has 0 saturated heterocycles. The summed E-state index contributed by atoms with van der Waals surface area (Å²) in [4.78, 5) is 22.8. The fraction of sp³-hybridized carbons (Fsp3) is 0.333. The van der Waals surface area contributed by atoms with Gasteiger partial charge in [0.25, 0.3) is 5.91 Å². The summed E-state index contributed by atoms with van der Waals surface area (Å²) < 4.78 is 10.4. The van der Waals surface area contributed by atoms with Crippen molar-refractivity contribution >= 4 is 16.9 Å². The van der Waals surface area contributed by atoms with E-state index < -0.39 is 5.63 Å². The number of hydrogen-bond donors (Lipinski definition) is 1. The molecule has 0 unspecified atom stereocenters. The summed E-state index contributed by atoms with van der Waals surface area (Å²) in [6, 6.07) is 8.14. The van der Waals surface area contributed by atoms with E-state index in [9.17, 15) is 9.59 Å². The maximum absolute atomic E-state index is 11.6. The molecule has 2 rings (SSSR count). The Balaban J connectivity index is 2.07. The van der Waals surface area contributed by atoms with Gasteiger partial charge < -0.3 is 14.5 Å². The van der Waals surface area contributed by atoms with Gasteiger partial charge in [-0.15, -0.1) is 0 Å². The van der Waals surface area contributed by atoms with Crippen molar-refractivity contribution in [1.82, 2.24) is 5.32 Å². The first-order chi connectivity index (χ1) is 9.33. The van der Waals surface area contributed by atoms with Crippen molar-refractivity contribution in [3.8, 4) is 5.75 Å². The number of carbonyl (C=O) groups is 1. The maximum atomic E-state index is 11.6. The van der Waals surface area contributed by atoms with E-state index >= 15 is 0 Å². The fourth-order valence-electron chi connectivity index (χ4n) is 1.73. The Morgan fingerprint density at radius 1 is 1.25 bits per heavy atom. The Morgan fingerprint density at radius 2 is 1.95 bits per heavy atom. The van der Waals surface area contributed by atoms with Gasteiger partial charge in [0.15, 0.2) is 6.61 Å². The van der Waals surface area contributed by atoms with Gasteiger partial charge in [-0.2, -0.15) is 0 Å². The smallest absolute Gasteiger partial charge is 0.336 e. The second-order valence-electron chi connectivity index (χ2n) is 5.54. The number of hydrogen-bond acceptors (Lipinski definition) is 4. The molecule has 0 aliphatic rings. The van der Waals surface area contributed by atoms with E-state index in [-0.39, 0.29) is 18.1 Å². The fourth-order valence-corrected chi connectivity index (χ4v) is 1.73. The van der Waals surface area contributed by atoms with Crippen LogP contribution in [0.25, 0.3) is 11.0 Å². The zero-order valence-corrected chi connectivity index (χ0v) is 11.7. The highest BCUT2D eigenvalue weighted by atomic mass is 16.5. The minimum Gasteiger partial charge on any atom is -0.484 e. The quantitative estimate of drug-likeness (QED) is 0.871. The van der Waals surface area contributed by atoms with Crippen LogP contribution in [0, 0.1) is 0 Å². The number of fused-ring (bicyclic) bond motifs is 1. The molecule has 0 bridgehead atoms. The van der Waals surface area contributed by atoms with E-state index in [0.29, 0.717) is 11.3 Å². The molecule has 1 amide bonds. The summed E-state index contributed by atoms with van der Waals surface area (Å²) >= 11 is 0. The summed E-state index contributed by atoms with van der Waals surface area (Å²) in [6.07, 6.45) is 0. The Bertz CT molecular complexity index is 682. The normalized spacial score (nSPS) is 11.3. The zero-order valence-electron chi connectivity index (χ0n) is 11.7. The first-order valence-electron chi connectivity index (χ1n) is 6.31. The number of rotatable bonds is 3. The summed E-state index contributed by atoms with van der Waals surface area (Å²) in [7, 11) is 0. The Kier molecular flexibility index (Phi) is 3.79. The number of nitrogens with one attached hydrogen (secondary N) is 1. The molecule has 1 N–H and O–H groups in total. The minimum atomic E-state index is -0.417. The SMILES string of the molecule is CC(C)(C)NC(=O)COc1ccc2ccc(=O)oc2c1. The largest absolute Gasteiger partial charge is 0.484 e. The molecule has 1 heterocycles. The van der Waals surface area contributed by atoms with Crippen LogP contribution < -0.4 is 15.7 Å². The monoisotopic (exact) mass is 275 g/mol. The van der Waals surface area contributed by atoms with Crippen molar-refractivity contribution in [3.05, 3.63) is 40.8 Å². The van der Waals surface area contributed by atoms with E-state index in [1.165, 1.54) is 6.07 Å². The number of amides is 1. The lowest BCUT2D eigenvalue weighted by molar-refractivity contribution is -0.124. The maximum Gasteiger partial charge on any atom is 0.336 e. The van der Waals surface area contributed by atoms with Crippen LogP contribution in [0.15, 0.2) is 39.5 Å². The molecule has 1 aromatic carbocycles. The van der Waals surface area contributed by atoms with Crippen LogP contribution in [0.3, 0.4) is 0 Å². The van der Waals surface area contributed by atoms with E-state index in [1.807, 2.05) is 20.8 Å². The second kappa shape index (κ2) is 5.36. The third-order valence-corrected chi connectivity index (χ3v) is 2.48. The Morgan fingerprint density at radius 3 is 2.65 bits per heavy atom. The number of ether oxygens (including phenoxy) is 1. The van der Waals surface area contributed by atoms with E-state index in [0.717, 1.165) is 5.39 Å². The van der Waals surface area contributed by atoms with Gasteiger partial charge in [0, 0.05) is 23.1 Å². The lowest BCUT2D eigenvalue weighted by atomic mass is 10.1. The molecule has 5 nitrogen and oxygen atoms in total. The van der Waals surface area contributed by atoms with Crippen molar-refractivity contribution in [2.24, 2.45) is 0 Å². The predicted molar refractivity (Wildman–Crippen MR) is 75.9 cm³/mol. The van der Waals surface area contributed by atoms with Crippen molar-refractivity contribution in [2.45, 2.75) is 26.3 Å². The molecule has 5 heteroatoms. The number of carbonyl (C=O) groups excluding carboxylic acids is 1. The highest BCUT2D eigenvalue weighted by Crippen LogP contribution is 2.19. The molecule has 0 atom stereocenters. The van der Waals surface area contributed by atoms with Gasteiger partial charge >= 0.3 is 5.63 Å². The number of benzene rings is 1. The van der Waals surface area contributed by atoms with Crippen LogP contribution in [0.4, 0.5) is 0 Å². The average Bonchev–Trinajstić information content (AvgIpc) is 2.33. The van der Waals surface area contributed by atoms with Gasteiger partial charge in [-0.1, -0.05) is 0 Å². The van der Waals surface area contributed by atoms with Crippen LogP contribution in [0.5, 0.6) is 5.75 Å². The highest BCUT2D eigenvalue weighted by molar-refractivity contribution is 5.79. The summed E-state index contributed by atoms with van der Waals surface area (Å²) in [5.74, 6) is 0.281. The van der Waals surface area contributed by atoms with Crippen LogP contribution in [-0.4, -0.2) is 18.1 Å². The first kappa shape index (κ1) is 14.1. The van der Waals surface area contributed by atoms with Gasteiger partial charge in [0.1, 0.15) is 11.3 Å². The second-order valence-corrected chi connectivity index (χ2v) is 5.54. The molecule has 0 saturated carbocycles. The lowest BCUT2D eigenvalue weighted by Gasteiger charge is -2.20. The molecule has 20 heavy (non-hydrogen) atoms. The van der Waals surface area contributed by atoms with Gasteiger partial charge in [0.2, 0.25) is 0 Å². The summed E-state index contributed by atoms with van der Waals surface area (Å²) in [5.41, 5.74) is -0.275. The standard InChI is InChI=1S/C15H17NO4/c1-15(2,3)16-13(17)9-19-11-6-4-10-5-7-14(18)20-12(10)8-11/h4-8H,9H2,1-3H3,(H,16,17). The van der Waals surface area contributed by atoms with Gasteiger partial charge in [-0.25, -0.2) is 4.79 Å². The highest BCUT2D eigenvalue weighted by Gasteiger charge is 2.14. The lowest BCUT2D eigenvalue weighted by Crippen LogP contribution is -2.43. The Hall–Kier alpha value is -2.30. The molecule has 0 aliphatic heterocycles. The molecule has 1 aromatic heterocycles. The third-order valence-electron chi connectivity index (χ3n) is 2.48. The van der Waals surface area contributed by atoms with Crippen molar-refractivity contribution in [3.63, 3.8) is 0 Å². The predicted octanol–water partition coefficient (Wildman–Crippen LogP) is 2.09. The molecular weight excluding hydrogens is 258 g/mol. The third kappa shape index (κ3) is 3.85. The molecular formula is C15H17NO4. The van der Waals surface area contributed by atoms with E-state index in [1.54, 1.807) is 24.3 Å². The van der Waals surface area contributed by atoms with Crippen LogP contribution in [0.2, 0.25) is 0 Å². The zero-order chi connectivity index (χ0) is 14.8. The molecule has 0 spiro atoms. The molecule has 0 radical (unpaired) electrons. The van der Waals surface area contributed by atoms with Crippen LogP contribution in [-0.2, 0) is 4.79 Å². The van der Waals surface area contributed by atoms with E-state index in [4.69, 9.17) is 9.15 Å². The topological polar surface area (TPSA) is 68.5 Å². The molecule has 2 aromatic rings. The molecule has 0 aliphatic carbocycles. The Labute approximate surface area is 116 Å². The van der Waals surface area contributed by atoms with Gasteiger partial charge in [-0.3, -0.25) is 4.79 Å². The summed E-state index contributed by atoms with van der Waals surface area (Å²) in [6.45, 7) is 5.61. The molecule has 106 valence electrons. The van der Waals surface area contributed by atoms with Gasteiger partial charge in [-0.05, 0) is 39.0 Å². The van der Waals surface area contributed by atoms with Gasteiger partial charge in [0.05, 0.1) is 0 Å². The van der Waals surface area contributed by atoms with Crippen molar-refractivity contribution in [1.29, 1.82) is 0 Å².